The van der Waals surface area contributed by atoms with Gasteiger partial charge in [0.05, 0.1) is 0 Å². The first-order valence-electron chi connectivity index (χ1n) is 5.92. The Hall–Kier alpha value is -1.51. The highest BCUT2D eigenvalue weighted by molar-refractivity contribution is 5.84. The predicted octanol–water partition coefficient (Wildman–Crippen LogP) is 2.60. The van der Waals surface area contributed by atoms with E-state index in [1.54, 1.807) is 13.8 Å². The van der Waals surface area contributed by atoms with Crippen molar-refractivity contribution in [2.45, 2.75) is 40.2 Å². The number of hydrogen-bond acceptors (Lipinski definition) is 2. The van der Waals surface area contributed by atoms with Gasteiger partial charge < -0.3 is 10.1 Å². The van der Waals surface area contributed by atoms with Crippen LogP contribution in [-0.2, 0) is 4.79 Å². The average Bonchev–Trinajstić information content (AvgIpc) is 2.24. The lowest BCUT2D eigenvalue weighted by Gasteiger charge is -2.27. The van der Waals surface area contributed by atoms with Gasteiger partial charge in [-0.15, -0.1) is 0 Å². The van der Waals surface area contributed by atoms with E-state index < -0.39 is 5.60 Å². The van der Waals surface area contributed by atoms with Gasteiger partial charge in [0.2, 0.25) is 0 Å². The molecule has 0 aliphatic carbocycles. The van der Waals surface area contributed by atoms with Crippen molar-refractivity contribution in [1.29, 1.82) is 0 Å². The van der Waals surface area contributed by atoms with E-state index in [9.17, 15) is 4.79 Å². The number of ether oxygens (including phenoxy) is 1. The van der Waals surface area contributed by atoms with Gasteiger partial charge in [0.1, 0.15) is 5.75 Å². The molecule has 0 aliphatic heterocycles. The van der Waals surface area contributed by atoms with E-state index in [1.165, 1.54) is 0 Å². The lowest BCUT2D eigenvalue weighted by Crippen LogP contribution is -2.46. The van der Waals surface area contributed by atoms with Crippen LogP contribution < -0.4 is 10.1 Å². The van der Waals surface area contributed by atoms with Gasteiger partial charge >= 0.3 is 0 Å². The van der Waals surface area contributed by atoms with Gasteiger partial charge in [-0.3, -0.25) is 4.79 Å². The van der Waals surface area contributed by atoms with E-state index in [-0.39, 0.29) is 5.91 Å². The molecule has 0 aliphatic rings. The highest BCUT2D eigenvalue weighted by Gasteiger charge is 2.30. The lowest BCUT2D eigenvalue weighted by atomic mass is 10.1. The second-order valence-corrected chi connectivity index (χ2v) is 4.69. The van der Waals surface area contributed by atoms with E-state index in [2.05, 4.69) is 5.32 Å². The van der Waals surface area contributed by atoms with E-state index in [1.807, 2.05) is 39.0 Å². The van der Waals surface area contributed by atoms with Crippen LogP contribution in [0.5, 0.6) is 5.75 Å². The molecule has 0 spiro atoms. The van der Waals surface area contributed by atoms with Crippen molar-refractivity contribution in [2.75, 3.05) is 6.54 Å². The zero-order valence-electron chi connectivity index (χ0n) is 11.3. The fraction of sp³-hybridized carbons (Fsp3) is 0.500. The first-order valence-corrected chi connectivity index (χ1v) is 5.92. The van der Waals surface area contributed by atoms with Crippen molar-refractivity contribution >= 4 is 5.91 Å². The number of hydrogen-bond donors (Lipinski definition) is 1. The van der Waals surface area contributed by atoms with Crippen LogP contribution in [0.3, 0.4) is 0 Å². The van der Waals surface area contributed by atoms with E-state index in [0.29, 0.717) is 6.54 Å². The molecule has 0 saturated heterocycles. The van der Waals surface area contributed by atoms with Crippen molar-refractivity contribution in [3.8, 4) is 5.75 Å². The maximum absolute atomic E-state index is 11.9. The van der Waals surface area contributed by atoms with Crippen LogP contribution in [-0.4, -0.2) is 18.1 Å². The zero-order chi connectivity index (χ0) is 13.1. The van der Waals surface area contributed by atoms with Crippen LogP contribution >= 0.6 is 0 Å². The quantitative estimate of drug-likeness (QED) is 0.871. The molecule has 3 heteroatoms. The number of benzene rings is 1. The van der Waals surface area contributed by atoms with Crippen molar-refractivity contribution in [3.05, 3.63) is 29.3 Å². The normalized spacial score (nSPS) is 11.1. The summed E-state index contributed by atoms with van der Waals surface area (Å²) in [6, 6.07) is 5.95. The summed E-state index contributed by atoms with van der Waals surface area (Å²) in [6.45, 7) is 10.0. The number of likely N-dealkylation sites (N-methyl/N-ethyl adjacent to an activating group) is 1. The molecule has 1 aromatic rings. The second kappa shape index (κ2) is 5.21. The Morgan fingerprint density at radius 3 is 2.29 bits per heavy atom. The number of carbonyl (C=O) groups is 1. The maximum Gasteiger partial charge on any atom is 0.263 e. The number of rotatable bonds is 4. The molecule has 0 heterocycles. The average molecular weight is 235 g/mol. The minimum Gasteiger partial charge on any atom is -0.477 e. The molecule has 0 fully saturated rings. The van der Waals surface area contributed by atoms with Gasteiger partial charge in [0.25, 0.3) is 5.91 Å². The summed E-state index contributed by atoms with van der Waals surface area (Å²) in [5.41, 5.74) is 1.23. The zero-order valence-corrected chi connectivity index (χ0v) is 11.3. The molecule has 0 unspecified atom stereocenters. The summed E-state index contributed by atoms with van der Waals surface area (Å²) in [4.78, 5) is 11.9. The van der Waals surface area contributed by atoms with Gasteiger partial charge in [-0.1, -0.05) is 18.2 Å². The molecule has 0 bridgehead atoms. The Labute approximate surface area is 103 Å². The fourth-order valence-corrected chi connectivity index (χ4v) is 1.64. The van der Waals surface area contributed by atoms with Crippen molar-refractivity contribution in [3.63, 3.8) is 0 Å². The summed E-state index contributed by atoms with van der Waals surface area (Å²) < 4.78 is 5.87. The summed E-state index contributed by atoms with van der Waals surface area (Å²) in [5.74, 6) is 0.700. The van der Waals surface area contributed by atoms with E-state index in [0.717, 1.165) is 16.9 Å². The summed E-state index contributed by atoms with van der Waals surface area (Å²) in [6.07, 6.45) is 0. The van der Waals surface area contributed by atoms with Gasteiger partial charge in [-0.2, -0.15) is 0 Å². The van der Waals surface area contributed by atoms with Crippen LogP contribution in [0, 0.1) is 13.8 Å². The first-order chi connectivity index (χ1) is 7.88. The summed E-state index contributed by atoms with van der Waals surface area (Å²) in [7, 11) is 0. The highest BCUT2D eigenvalue weighted by Crippen LogP contribution is 2.26. The van der Waals surface area contributed by atoms with Crippen molar-refractivity contribution < 1.29 is 9.53 Å². The van der Waals surface area contributed by atoms with Gasteiger partial charge in [0, 0.05) is 6.54 Å². The SMILES string of the molecule is CCNC(=O)C(C)(C)Oc1c(C)cccc1C. The molecule has 3 nitrogen and oxygen atoms in total. The summed E-state index contributed by atoms with van der Waals surface area (Å²) >= 11 is 0. The van der Waals surface area contributed by atoms with Crippen LogP contribution in [0.25, 0.3) is 0 Å². The Balaban J connectivity index is 2.93. The van der Waals surface area contributed by atoms with Gasteiger partial charge in [0.15, 0.2) is 5.60 Å². The molecule has 0 radical (unpaired) electrons. The molecule has 0 aromatic heterocycles. The smallest absolute Gasteiger partial charge is 0.263 e. The Kier molecular flexibility index (Phi) is 4.16. The van der Waals surface area contributed by atoms with Crippen LogP contribution in [0.1, 0.15) is 31.9 Å². The third kappa shape index (κ3) is 3.22. The fourth-order valence-electron chi connectivity index (χ4n) is 1.64. The molecule has 1 aromatic carbocycles. The third-order valence-electron chi connectivity index (χ3n) is 2.65. The van der Waals surface area contributed by atoms with Crippen LogP contribution in [0.2, 0.25) is 0 Å². The predicted molar refractivity (Wildman–Crippen MR) is 69.3 cm³/mol. The number of para-hydroxylation sites is 1. The molecule has 17 heavy (non-hydrogen) atoms. The van der Waals surface area contributed by atoms with E-state index in [4.69, 9.17) is 4.74 Å². The molecular formula is C14H21NO2. The van der Waals surface area contributed by atoms with Crippen molar-refractivity contribution in [2.24, 2.45) is 0 Å². The second-order valence-electron chi connectivity index (χ2n) is 4.69. The Morgan fingerprint density at radius 2 is 1.82 bits per heavy atom. The van der Waals surface area contributed by atoms with Gasteiger partial charge in [-0.25, -0.2) is 0 Å². The number of carbonyl (C=O) groups excluding carboxylic acids is 1. The minimum absolute atomic E-state index is 0.0948. The minimum atomic E-state index is -0.854. The van der Waals surface area contributed by atoms with Crippen LogP contribution in [0.15, 0.2) is 18.2 Å². The lowest BCUT2D eigenvalue weighted by molar-refractivity contribution is -0.134. The third-order valence-corrected chi connectivity index (χ3v) is 2.65. The largest absolute Gasteiger partial charge is 0.477 e. The van der Waals surface area contributed by atoms with Crippen molar-refractivity contribution in [1.82, 2.24) is 5.32 Å². The number of aryl methyl sites for hydroxylation is 2. The molecular weight excluding hydrogens is 214 g/mol. The Bertz CT molecular complexity index is 390. The monoisotopic (exact) mass is 235 g/mol. The standard InChI is InChI=1S/C14H21NO2/c1-6-15-13(16)14(4,5)17-12-10(2)8-7-9-11(12)3/h7-9H,6H2,1-5H3,(H,15,16). The highest BCUT2D eigenvalue weighted by atomic mass is 16.5. The number of amides is 1. The first kappa shape index (κ1) is 13.6. The van der Waals surface area contributed by atoms with E-state index >= 15 is 0 Å². The molecule has 0 saturated carbocycles. The molecule has 1 amide bonds. The van der Waals surface area contributed by atoms with Gasteiger partial charge in [-0.05, 0) is 45.7 Å². The van der Waals surface area contributed by atoms with Crippen LogP contribution in [0.4, 0.5) is 0 Å². The Morgan fingerprint density at radius 1 is 1.29 bits per heavy atom. The molecule has 0 atom stereocenters. The maximum atomic E-state index is 11.9. The topological polar surface area (TPSA) is 38.3 Å². The molecule has 1 N–H and O–H groups in total. The summed E-state index contributed by atoms with van der Waals surface area (Å²) in [5, 5.41) is 2.78. The molecule has 94 valence electrons. The number of nitrogens with one attached hydrogen (secondary N) is 1. The molecule has 1 rings (SSSR count).